The highest BCUT2D eigenvalue weighted by molar-refractivity contribution is 7.19. The maximum Gasteiger partial charge on any atom is 0.255 e. The first-order chi connectivity index (χ1) is 14.9. The Morgan fingerprint density at radius 3 is 2.61 bits per heavy atom. The molecular weight excluding hydrogens is 420 g/mol. The average molecular weight is 442 g/mol. The Labute approximate surface area is 182 Å². The third-order valence-electron chi connectivity index (χ3n) is 5.02. The van der Waals surface area contributed by atoms with Crippen LogP contribution < -0.4 is 5.32 Å². The molecule has 0 unspecified atom stereocenters. The number of hydrogen-bond acceptors (Lipinski definition) is 4. The Balaban J connectivity index is 1.73. The minimum Gasteiger partial charge on any atom is -0.395 e. The van der Waals surface area contributed by atoms with E-state index >= 15 is 0 Å². The molecule has 1 amide bonds. The lowest BCUT2D eigenvalue weighted by Crippen LogP contribution is -2.27. The predicted molar refractivity (Wildman–Crippen MR) is 117 cm³/mol. The van der Waals surface area contributed by atoms with E-state index < -0.39 is 11.6 Å². The van der Waals surface area contributed by atoms with Gasteiger partial charge < -0.3 is 10.4 Å². The Morgan fingerprint density at radius 1 is 1.16 bits per heavy atom. The van der Waals surface area contributed by atoms with Gasteiger partial charge in [-0.3, -0.25) is 4.79 Å². The molecule has 31 heavy (non-hydrogen) atoms. The van der Waals surface area contributed by atoms with Crippen LogP contribution in [0.15, 0.2) is 42.5 Å². The highest BCUT2D eigenvalue weighted by Gasteiger charge is 2.20. The minimum absolute atomic E-state index is 0.134. The largest absolute Gasteiger partial charge is 0.395 e. The van der Waals surface area contributed by atoms with Crippen LogP contribution in [0, 0.1) is 25.5 Å². The lowest BCUT2D eigenvalue weighted by Gasteiger charge is -2.07. The van der Waals surface area contributed by atoms with Gasteiger partial charge in [-0.1, -0.05) is 12.1 Å². The van der Waals surface area contributed by atoms with Gasteiger partial charge in [0.2, 0.25) is 0 Å². The van der Waals surface area contributed by atoms with Crippen molar-refractivity contribution in [3.8, 4) is 5.69 Å². The summed E-state index contributed by atoms with van der Waals surface area (Å²) in [6, 6.07) is 11.4. The smallest absolute Gasteiger partial charge is 0.255 e. The van der Waals surface area contributed by atoms with Crippen LogP contribution >= 0.6 is 11.3 Å². The fraction of sp³-hybridized carbons (Fsp3) is 0.217. The van der Waals surface area contributed by atoms with Crippen LogP contribution in [0.25, 0.3) is 15.8 Å². The van der Waals surface area contributed by atoms with E-state index in [9.17, 15) is 13.6 Å². The molecule has 4 rings (SSSR count). The van der Waals surface area contributed by atoms with Gasteiger partial charge in [-0.2, -0.15) is 5.10 Å². The van der Waals surface area contributed by atoms with Gasteiger partial charge in [-0.25, -0.2) is 13.5 Å². The number of nitrogens with zero attached hydrogens (tertiary/aromatic N) is 2. The molecule has 160 valence electrons. The molecule has 2 heterocycles. The van der Waals surface area contributed by atoms with Crippen LogP contribution in [0.3, 0.4) is 0 Å². The van der Waals surface area contributed by atoms with Gasteiger partial charge in [0, 0.05) is 23.9 Å². The second-order valence-electron chi connectivity index (χ2n) is 7.30. The lowest BCUT2D eigenvalue weighted by molar-refractivity contribution is 0.0943. The number of aryl methyl sites for hydroxylation is 1. The van der Waals surface area contributed by atoms with Crippen LogP contribution in [0.2, 0.25) is 0 Å². The maximum absolute atomic E-state index is 13.6. The van der Waals surface area contributed by atoms with Gasteiger partial charge in [0.05, 0.1) is 33.9 Å². The van der Waals surface area contributed by atoms with Gasteiger partial charge in [-0.15, -0.1) is 11.3 Å². The summed E-state index contributed by atoms with van der Waals surface area (Å²) < 4.78 is 29.8. The molecule has 2 aromatic heterocycles. The molecule has 0 saturated heterocycles. The van der Waals surface area contributed by atoms with Crippen molar-refractivity contribution in [2.24, 2.45) is 0 Å². The van der Waals surface area contributed by atoms with Crippen molar-refractivity contribution < 1.29 is 18.7 Å². The van der Waals surface area contributed by atoms with Gasteiger partial charge in [0.15, 0.2) is 0 Å². The van der Waals surface area contributed by atoms with E-state index in [1.54, 1.807) is 11.6 Å². The van der Waals surface area contributed by atoms with E-state index in [1.165, 1.54) is 23.5 Å². The number of carbonyl (C=O) groups is 1. The summed E-state index contributed by atoms with van der Waals surface area (Å²) in [7, 11) is 0. The summed E-state index contributed by atoms with van der Waals surface area (Å²) in [5, 5.41) is 17.2. The zero-order valence-corrected chi connectivity index (χ0v) is 17.9. The normalized spacial score (nSPS) is 11.3. The summed E-state index contributed by atoms with van der Waals surface area (Å²) in [5.41, 5.74) is 3.18. The van der Waals surface area contributed by atoms with E-state index in [1.807, 2.05) is 31.2 Å². The number of nitrogens with one attached hydrogen (secondary N) is 1. The first-order valence-corrected chi connectivity index (χ1v) is 10.6. The number of thiophene rings is 1. The van der Waals surface area contributed by atoms with Crippen molar-refractivity contribution in [2.75, 3.05) is 13.2 Å². The summed E-state index contributed by atoms with van der Waals surface area (Å²) in [6.45, 7) is 3.64. The molecule has 2 aromatic carbocycles. The number of carbonyl (C=O) groups excluding carboxylic acids is 1. The first-order valence-electron chi connectivity index (χ1n) is 9.79. The quantitative estimate of drug-likeness (QED) is 0.469. The summed E-state index contributed by atoms with van der Waals surface area (Å²) in [5.74, 6) is -1.46. The molecule has 0 aliphatic heterocycles. The minimum atomic E-state index is -0.591. The molecule has 0 saturated carbocycles. The van der Waals surface area contributed by atoms with Crippen LogP contribution in [0.4, 0.5) is 8.78 Å². The van der Waals surface area contributed by atoms with E-state index in [4.69, 9.17) is 5.11 Å². The van der Waals surface area contributed by atoms with Crippen molar-refractivity contribution >= 4 is 27.3 Å². The second-order valence-corrected chi connectivity index (χ2v) is 8.44. The van der Waals surface area contributed by atoms with E-state index in [0.29, 0.717) is 28.9 Å². The monoisotopic (exact) mass is 441 g/mol. The molecule has 0 radical (unpaired) electrons. The highest BCUT2D eigenvalue weighted by atomic mass is 32.1. The summed E-state index contributed by atoms with van der Waals surface area (Å²) in [4.78, 5) is 13.4. The van der Waals surface area contributed by atoms with E-state index in [-0.39, 0.29) is 19.1 Å². The summed E-state index contributed by atoms with van der Waals surface area (Å²) in [6.07, 6.45) is 0.416. The van der Waals surface area contributed by atoms with Gasteiger partial charge in [0.25, 0.3) is 5.91 Å². The number of benzene rings is 2. The summed E-state index contributed by atoms with van der Waals surface area (Å²) >= 11 is 1.53. The molecule has 0 bridgehead atoms. The maximum atomic E-state index is 13.6. The van der Waals surface area contributed by atoms with Crippen molar-refractivity contribution in [2.45, 2.75) is 20.3 Å². The zero-order chi connectivity index (χ0) is 22.1. The number of hydrogen-bond donors (Lipinski definition) is 2. The number of fused-ring (bicyclic) bond motifs is 1. The molecule has 0 aliphatic rings. The standard InChI is InChI=1S/C23H21F2N3O2S/c1-13-21(23(30)26-6-7-29)14(2)28(27-13)20-5-3-4-16-11-19(31-22(16)20)10-15-8-17(24)12-18(25)9-15/h3-5,8-9,11-12,29H,6-7,10H2,1-2H3,(H,26,30). The highest BCUT2D eigenvalue weighted by Crippen LogP contribution is 2.33. The molecule has 0 aliphatic carbocycles. The average Bonchev–Trinajstić information content (AvgIpc) is 3.24. The number of aromatic nitrogens is 2. The molecular formula is C23H21F2N3O2S. The second kappa shape index (κ2) is 8.56. The molecule has 2 N–H and O–H groups in total. The fourth-order valence-corrected chi connectivity index (χ4v) is 4.92. The number of rotatable bonds is 6. The van der Waals surface area contributed by atoms with Crippen LogP contribution in [0.1, 0.15) is 32.2 Å². The van der Waals surface area contributed by atoms with Gasteiger partial charge in [0.1, 0.15) is 11.6 Å². The van der Waals surface area contributed by atoms with Crippen molar-refractivity contribution in [3.63, 3.8) is 0 Å². The topological polar surface area (TPSA) is 67.2 Å². The molecule has 0 spiro atoms. The number of aliphatic hydroxyl groups excluding tert-OH is 1. The Hall–Kier alpha value is -3.10. The molecule has 8 heteroatoms. The van der Waals surface area contributed by atoms with Crippen molar-refractivity contribution in [3.05, 3.63) is 81.5 Å². The lowest BCUT2D eigenvalue weighted by atomic mass is 10.1. The molecule has 4 aromatic rings. The third kappa shape index (κ3) is 4.22. The van der Waals surface area contributed by atoms with Gasteiger partial charge in [-0.05, 0) is 49.1 Å². The van der Waals surface area contributed by atoms with Crippen LogP contribution in [-0.2, 0) is 6.42 Å². The zero-order valence-electron chi connectivity index (χ0n) is 17.1. The van der Waals surface area contributed by atoms with E-state index in [2.05, 4.69) is 10.4 Å². The Morgan fingerprint density at radius 2 is 1.90 bits per heavy atom. The van der Waals surface area contributed by atoms with Crippen molar-refractivity contribution in [1.82, 2.24) is 15.1 Å². The van der Waals surface area contributed by atoms with Crippen LogP contribution in [0.5, 0.6) is 0 Å². The predicted octanol–water partition coefficient (Wildman–Crippen LogP) is 4.29. The first kappa shape index (κ1) is 21.1. The number of halogens is 2. The Bertz CT molecular complexity index is 1260. The SMILES string of the molecule is Cc1nn(-c2cccc3cc(Cc4cc(F)cc(F)c4)sc23)c(C)c1C(=O)NCCO. The third-order valence-corrected chi connectivity index (χ3v) is 6.19. The number of amides is 1. The van der Waals surface area contributed by atoms with Crippen LogP contribution in [-0.4, -0.2) is 33.9 Å². The molecule has 0 fully saturated rings. The molecule has 0 atom stereocenters. The Kier molecular flexibility index (Phi) is 5.84. The van der Waals surface area contributed by atoms with E-state index in [0.717, 1.165) is 26.7 Å². The fourth-order valence-electron chi connectivity index (χ4n) is 3.73. The number of aliphatic hydroxyl groups is 1. The van der Waals surface area contributed by atoms with Gasteiger partial charge >= 0.3 is 0 Å². The molecule has 5 nitrogen and oxygen atoms in total. The van der Waals surface area contributed by atoms with Crippen molar-refractivity contribution in [1.29, 1.82) is 0 Å².